The minimum atomic E-state index is -0.373. The zero-order chi connectivity index (χ0) is 20.2. The average Bonchev–Trinajstić information content (AvgIpc) is 2.61. The fraction of sp³-hybridized carbons (Fsp3) is 0.526. The van der Waals surface area contributed by atoms with Gasteiger partial charge in [-0.3, -0.25) is 25.8 Å². The van der Waals surface area contributed by atoms with Gasteiger partial charge in [-0.1, -0.05) is 33.6 Å². The maximum Gasteiger partial charge on any atom is 0.257 e. The van der Waals surface area contributed by atoms with Gasteiger partial charge in [-0.05, 0) is 65.1 Å². The Kier molecular flexibility index (Phi) is 11.0. The monoisotopic (exact) mass is 457 g/mol. The van der Waals surface area contributed by atoms with Gasteiger partial charge in [-0.2, -0.15) is 0 Å². The van der Waals surface area contributed by atoms with Crippen LogP contribution >= 0.6 is 28.1 Å². The maximum absolute atomic E-state index is 12.3. The van der Waals surface area contributed by atoms with Gasteiger partial charge in [0.05, 0.1) is 11.1 Å². The molecule has 0 atom stereocenters. The molecular weight excluding hydrogens is 430 g/mol. The van der Waals surface area contributed by atoms with Crippen LogP contribution in [-0.4, -0.2) is 23.5 Å². The van der Waals surface area contributed by atoms with E-state index in [1.54, 1.807) is 18.2 Å². The Hall–Kier alpha value is -1.67. The number of carbonyl (C=O) groups is 2. The summed E-state index contributed by atoms with van der Waals surface area (Å²) < 4.78 is 6.40. The number of hydrogen-bond donors (Lipinski definition) is 3. The van der Waals surface area contributed by atoms with Gasteiger partial charge in [0.15, 0.2) is 5.11 Å². The molecule has 0 radical (unpaired) electrons. The highest BCUT2D eigenvalue weighted by Gasteiger charge is 2.11. The third-order valence-corrected chi connectivity index (χ3v) is 4.52. The molecule has 0 aliphatic heterocycles. The van der Waals surface area contributed by atoms with E-state index in [0.29, 0.717) is 34.7 Å². The van der Waals surface area contributed by atoms with Crippen molar-refractivity contribution in [1.82, 2.24) is 16.2 Å². The average molecular weight is 458 g/mol. The molecule has 0 unspecified atom stereocenters. The number of unbranched alkanes of at least 4 members (excludes halogenated alkanes) is 2. The van der Waals surface area contributed by atoms with E-state index in [1.807, 2.05) is 0 Å². The van der Waals surface area contributed by atoms with E-state index in [4.69, 9.17) is 17.0 Å². The second-order valence-electron chi connectivity index (χ2n) is 6.59. The van der Waals surface area contributed by atoms with Crippen LogP contribution in [0.25, 0.3) is 0 Å². The molecule has 1 aromatic carbocycles. The van der Waals surface area contributed by atoms with Gasteiger partial charge in [0.25, 0.3) is 5.91 Å². The summed E-state index contributed by atoms with van der Waals surface area (Å²) in [5.41, 5.74) is 5.44. The van der Waals surface area contributed by atoms with Crippen LogP contribution in [0, 0.1) is 5.92 Å². The van der Waals surface area contributed by atoms with Crippen LogP contribution in [0.15, 0.2) is 22.7 Å². The zero-order valence-electron chi connectivity index (χ0n) is 16.1. The lowest BCUT2D eigenvalue weighted by Crippen LogP contribution is -2.48. The van der Waals surface area contributed by atoms with Crippen molar-refractivity contribution in [2.24, 2.45) is 5.92 Å². The molecule has 8 heteroatoms. The van der Waals surface area contributed by atoms with Crippen LogP contribution < -0.4 is 20.9 Å². The highest BCUT2D eigenvalue weighted by molar-refractivity contribution is 9.10. The Morgan fingerprint density at radius 3 is 2.59 bits per heavy atom. The summed E-state index contributed by atoms with van der Waals surface area (Å²) >= 11 is 8.45. The third-order valence-electron chi connectivity index (χ3n) is 3.70. The van der Waals surface area contributed by atoms with Crippen molar-refractivity contribution in [1.29, 1.82) is 0 Å². The smallest absolute Gasteiger partial charge is 0.257 e. The molecule has 0 saturated heterocycles. The van der Waals surface area contributed by atoms with Gasteiger partial charge in [0.2, 0.25) is 5.91 Å². The van der Waals surface area contributed by atoms with Crippen LogP contribution in [0.1, 0.15) is 63.2 Å². The first kappa shape index (κ1) is 23.4. The van der Waals surface area contributed by atoms with Gasteiger partial charge in [-0.15, -0.1) is 0 Å². The van der Waals surface area contributed by atoms with Crippen molar-refractivity contribution < 1.29 is 14.3 Å². The molecule has 0 aliphatic carbocycles. The number of benzene rings is 1. The number of ether oxygens (including phenoxy) is 1. The number of nitrogens with one attached hydrogen (secondary N) is 3. The van der Waals surface area contributed by atoms with Crippen LogP contribution in [0.5, 0.6) is 5.75 Å². The van der Waals surface area contributed by atoms with Gasteiger partial charge in [-0.25, -0.2) is 0 Å². The van der Waals surface area contributed by atoms with E-state index in [0.717, 1.165) is 25.7 Å². The van der Waals surface area contributed by atoms with E-state index >= 15 is 0 Å². The van der Waals surface area contributed by atoms with Crippen molar-refractivity contribution in [2.45, 2.75) is 52.9 Å². The predicted octanol–water partition coefficient (Wildman–Crippen LogP) is 4.09. The molecule has 2 amide bonds. The number of thiocarbonyl (C=S) groups is 1. The SMILES string of the molecule is CCCCCC(=O)NNC(=S)NC(=O)c1ccc(OCCC(C)C)c(Br)c1. The Morgan fingerprint density at radius 1 is 1.22 bits per heavy atom. The molecule has 1 rings (SSSR count). The summed E-state index contributed by atoms with van der Waals surface area (Å²) in [7, 11) is 0. The molecular formula is C19H28BrN3O3S. The van der Waals surface area contributed by atoms with Crippen molar-refractivity contribution >= 4 is 45.1 Å². The van der Waals surface area contributed by atoms with Gasteiger partial charge < -0.3 is 4.74 Å². The first-order chi connectivity index (χ1) is 12.8. The molecule has 27 heavy (non-hydrogen) atoms. The van der Waals surface area contributed by atoms with Crippen LogP contribution in [0.3, 0.4) is 0 Å². The maximum atomic E-state index is 12.3. The largest absolute Gasteiger partial charge is 0.492 e. The molecule has 0 fully saturated rings. The second kappa shape index (κ2) is 12.7. The summed E-state index contributed by atoms with van der Waals surface area (Å²) in [5.74, 6) is 0.717. The van der Waals surface area contributed by atoms with Gasteiger partial charge in [0, 0.05) is 12.0 Å². The summed E-state index contributed by atoms with van der Waals surface area (Å²) in [6.07, 6.45) is 4.25. The van der Waals surface area contributed by atoms with Crippen LogP contribution in [0.4, 0.5) is 0 Å². The minimum absolute atomic E-state index is 0.0391. The highest BCUT2D eigenvalue weighted by Crippen LogP contribution is 2.26. The summed E-state index contributed by atoms with van der Waals surface area (Å²) in [5, 5.41) is 2.57. The number of amides is 2. The Balaban J connectivity index is 2.46. The van der Waals surface area contributed by atoms with E-state index in [-0.39, 0.29) is 16.9 Å². The Bertz CT molecular complexity index is 653. The Morgan fingerprint density at radius 2 is 1.96 bits per heavy atom. The van der Waals surface area contributed by atoms with E-state index in [1.165, 1.54) is 0 Å². The molecule has 6 nitrogen and oxygen atoms in total. The highest BCUT2D eigenvalue weighted by atomic mass is 79.9. The van der Waals surface area contributed by atoms with Crippen molar-refractivity contribution in [3.63, 3.8) is 0 Å². The molecule has 0 aromatic heterocycles. The standard InChI is InChI=1S/C19H28BrN3O3S/c1-4-5-6-7-17(24)22-23-19(27)21-18(25)14-8-9-16(15(20)12-14)26-11-10-13(2)3/h8-9,12-13H,4-7,10-11H2,1-3H3,(H,22,24)(H2,21,23,25,27). The number of rotatable bonds is 9. The van der Waals surface area contributed by atoms with Gasteiger partial charge in [0.1, 0.15) is 5.75 Å². The summed E-state index contributed by atoms with van der Waals surface area (Å²) in [6, 6.07) is 5.08. The van der Waals surface area contributed by atoms with E-state index in [9.17, 15) is 9.59 Å². The lowest BCUT2D eigenvalue weighted by molar-refractivity contribution is -0.121. The minimum Gasteiger partial charge on any atom is -0.492 e. The number of carbonyl (C=O) groups excluding carboxylic acids is 2. The number of hydrazine groups is 1. The van der Waals surface area contributed by atoms with E-state index < -0.39 is 0 Å². The Labute approximate surface area is 174 Å². The van der Waals surface area contributed by atoms with Crippen molar-refractivity contribution in [3.8, 4) is 5.75 Å². The first-order valence-electron chi connectivity index (χ1n) is 9.16. The predicted molar refractivity (Wildman–Crippen MR) is 115 cm³/mol. The molecule has 1 aromatic rings. The fourth-order valence-electron chi connectivity index (χ4n) is 2.09. The summed E-state index contributed by atoms with van der Waals surface area (Å²) in [6.45, 7) is 6.96. The molecule has 0 bridgehead atoms. The molecule has 0 aliphatic rings. The van der Waals surface area contributed by atoms with Crippen LogP contribution in [0.2, 0.25) is 0 Å². The molecule has 0 heterocycles. The summed E-state index contributed by atoms with van der Waals surface area (Å²) in [4.78, 5) is 23.9. The lowest BCUT2D eigenvalue weighted by Gasteiger charge is -2.12. The second-order valence-corrected chi connectivity index (χ2v) is 7.85. The topological polar surface area (TPSA) is 79.5 Å². The third kappa shape index (κ3) is 9.72. The number of hydrogen-bond acceptors (Lipinski definition) is 4. The first-order valence-corrected chi connectivity index (χ1v) is 10.4. The van der Waals surface area contributed by atoms with Crippen molar-refractivity contribution in [2.75, 3.05) is 6.61 Å². The molecule has 3 N–H and O–H groups in total. The lowest BCUT2D eigenvalue weighted by atomic mass is 10.1. The van der Waals surface area contributed by atoms with Crippen molar-refractivity contribution in [3.05, 3.63) is 28.2 Å². The van der Waals surface area contributed by atoms with E-state index in [2.05, 4.69) is 52.9 Å². The normalized spacial score (nSPS) is 10.4. The fourth-order valence-corrected chi connectivity index (χ4v) is 2.73. The molecule has 0 saturated carbocycles. The molecule has 0 spiro atoms. The van der Waals surface area contributed by atoms with Gasteiger partial charge >= 0.3 is 0 Å². The molecule has 150 valence electrons. The van der Waals surface area contributed by atoms with Crippen LogP contribution in [-0.2, 0) is 4.79 Å². The number of halogens is 1. The quantitative estimate of drug-likeness (QED) is 0.295. The zero-order valence-corrected chi connectivity index (χ0v) is 18.5.